The van der Waals surface area contributed by atoms with E-state index in [1.807, 2.05) is 0 Å². The van der Waals surface area contributed by atoms with Crippen molar-refractivity contribution in [1.82, 2.24) is 0 Å². The molecule has 1 N–H and O–H groups in total. The van der Waals surface area contributed by atoms with Crippen molar-refractivity contribution in [2.45, 2.75) is 12.5 Å². The highest BCUT2D eigenvalue weighted by Gasteiger charge is 2.23. The number of carbonyl (C=O) groups excluding carboxylic acids is 4. The predicted octanol–water partition coefficient (Wildman–Crippen LogP) is 1.03. The zero-order chi connectivity index (χ0) is 21.1. The van der Waals surface area contributed by atoms with Crippen LogP contribution in [-0.2, 0) is 28.7 Å². The number of carbonyl (C=O) groups is 4. The van der Waals surface area contributed by atoms with Crippen molar-refractivity contribution in [1.29, 1.82) is 0 Å². The van der Waals surface area contributed by atoms with Gasteiger partial charge < -0.3 is 24.1 Å². The van der Waals surface area contributed by atoms with Crippen LogP contribution in [0.25, 0.3) is 0 Å². The number of aliphatic hydroxyl groups excluding tert-OH is 1. The molecule has 2 aromatic rings. The van der Waals surface area contributed by atoms with Crippen LogP contribution in [0.3, 0.4) is 0 Å². The maximum atomic E-state index is 11.6. The third-order valence-corrected chi connectivity index (χ3v) is 3.27. The van der Waals surface area contributed by atoms with Gasteiger partial charge in [-0.2, -0.15) is 0 Å². The molecule has 0 aliphatic heterocycles. The average molecular weight is 402 g/mol. The minimum absolute atomic E-state index is 0.264. The summed E-state index contributed by atoms with van der Waals surface area (Å²) in [4.78, 5) is 46.4. The summed E-state index contributed by atoms with van der Waals surface area (Å²) in [6.07, 6.45) is -2.62. The first-order chi connectivity index (χ1) is 13.9. The van der Waals surface area contributed by atoms with Crippen LogP contribution in [0.2, 0.25) is 0 Å². The summed E-state index contributed by atoms with van der Waals surface area (Å²) in [7, 11) is 0. The van der Waals surface area contributed by atoms with Crippen LogP contribution < -0.4 is 9.47 Å². The lowest BCUT2D eigenvalue weighted by Crippen LogP contribution is -2.30. The average Bonchev–Trinajstić information content (AvgIpc) is 2.72. The van der Waals surface area contributed by atoms with Gasteiger partial charge >= 0.3 is 23.9 Å². The molecule has 9 heteroatoms. The molecule has 0 saturated heterocycles. The monoisotopic (exact) mass is 402 g/mol. The Labute approximate surface area is 165 Å². The molecule has 0 saturated carbocycles. The van der Waals surface area contributed by atoms with Gasteiger partial charge in [0, 0.05) is 0 Å². The van der Waals surface area contributed by atoms with E-state index in [2.05, 4.69) is 9.47 Å². The van der Waals surface area contributed by atoms with E-state index in [0.29, 0.717) is 0 Å². The van der Waals surface area contributed by atoms with Crippen molar-refractivity contribution in [2.24, 2.45) is 0 Å². The Hall–Kier alpha value is -3.72. The fraction of sp³-hybridized carbons (Fsp3) is 0.200. The predicted molar refractivity (Wildman–Crippen MR) is 96.7 cm³/mol. The molecule has 1 unspecified atom stereocenters. The number of hydrogen-bond acceptors (Lipinski definition) is 9. The molecule has 0 spiro atoms. The van der Waals surface area contributed by atoms with Crippen molar-refractivity contribution < 1.29 is 43.2 Å². The van der Waals surface area contributed by atoms with E-state index in [4.69, 9.17) is 9.47 Å². The normalized spacial score (nSPS) is 11.1. The van der Waals surface area contributed by atoms with E-state index in [1.165, 1.54) is 12.1 Å². The molecular formula is C20H18O9. The van der Waals surface area contributed by atoms with Gasteiger partial charge in [-0.1, -0.05) is 36.4 Å². The van der Waals surface area contributed by atoms with E-state index in [0.717, 1.165) is 0 Å². The molecule has 0 fully saturated rings. The van der Waals surface area contributed by atoms with Gasteiger partial charge in [0.2, 0.25) is 0 Å². The Morgan fingerprint density at radius 1 is 0.690 bits per heavy atom. The van der Waals surface area contributed by atoms with Crippen LogP contribution in [-0.4, -0.2) is 48.3 Å². The smallest absolute Gasteiger partial charge is 0.349 e. The SMILES string of the molecule is O=C(CC(O)C(=O)OCC(=O)Oc1ccccc1)OCC(=O)Oc1ccccc1. The molecule has 0 aliphatic carbocycles. The fourth-order valence-electron chi connectivity index (χ4n) is 1.96. The molecule has 0 aromatic heterocycles. The van der Waals surface area contributed by atoms with Crippen LogP contribution in [0.15, 0.2) is 60.7 Å². The van der Waals surface area contributed by atoms with Gasteiger partial charge in [0.25, 0.3) is 0 Å². The summed E-state index contributed by atoms with van der Waals surface area (Å²) in [6.45, 7) is -1.44. The summed E-state index contributed by atoms with van der Waals surface area (Å²) in [5.41, 5.74) is 0. The lowest BCUT2D eigenvalue weighted by Gasteiger charge is -2.10. The number of ether oxygens (including phenoxy) is 4. The minimum Gasteiger partial charge on any atom is -0.454 e. The van der Waals surface area contributed by atoms with E-state index in [1.54, 1.807) is 48.5 Å². The molecular weight excluding hydrogens is 384 g/mol. The molecule has 2 rings (SSSR count). The highest BCUT2D eigenvalue weighted by atomic mass is 16.6. The third-order valence-electron chi connectivity index (χ3n) is 3.27. The minimum atomic E-state index is -1.86. The number of para-hydroxylation sites is 2. The maximum Gasteiger partial charge on any atom is 0.349 e. The van der Waals surface area contributed by atoms with Crippen molar-refractivity contribution >= 4 is 23.9 Å². The second-order valence-corrected chi connectivity index (χ2v) is 5.56. The molecule has 1 atom stereocenters. The Morgan fingerprint density at radius 2 is 1.14 bits per heavy atom. The van der Waals surface area contributed by atoms with Crippen molar-refractivity contribution in [3.63, 3.8) is 0 Å². The highest BCUT2D eigenvalue weighted by molar-refractivity contribution is 5.84. The summed E-state index contributed by atoms with van der Waals surface area (Å²) >= 11 is 0. The first-order valence-corrected chi connectivity index (χ1v) is 8.46. The molecule has 0 bridgehead atoms. The van der Waals surface area contributed by atoms with Gasteiger partial charge in [0.15, 0.2) is 19.3 Å². The molecule has 0 radical (unpaired) electrons. The van der Waals surface area contributed by atoms with Crippen LogP contribution in [0, 0.1) is 0 Å². The molecule has 0 heterocycles. The van der Waals surface area contributed by atoms with E-state index < -0.39 is 49.6 Å². The Morgan fingerprint density at radius 3 is 1.62 bits per heavy atom. The molecule has 9 nitrogen and oxygen atoms in total. The van der Waals surface area contributed by atoms with Gasteiger partial charge in [0.1, 0.15) is 11.5 Å². The lowest BCUT2D eigenvalue weighted by atomic mass is 10.2. The van der Waals surface area contributed by atoms with Gasteiger partial charge in [-0.15, -0.1) is 0 Å². The van der Waals surface area contributed by atoms with E-state index in [-0.39, 0.29) is 11.5 Å². The standard InChI is InChI=1S/C20H18O9/c21-16(20(25)27-13-19(24)29-15-9-5-2-6-10-15)11-17(22)26-12-18(23)28-14-7-3-1-4-8-14/h1-10,16,21H,11-13H2. The lowest BCUT2D eigenvalue weighted by molar-refractivity contribution is -0.165. The first-order valence-electron chi connectivity index (χ1n) is 8.46. The van der Waals surface area contributed by atoms with Gasteiger partial charge in [-0.25, -0.2) is 14.4 Å². The zero-order valence-corrected chi connectivity index (χ0v) is 15.2. The van der Waals surface area contributed by atoms with Crippen molar-refractivity contribution in [2.75, 3.05) is 13.2 Å². The number of rotatable bonds is 9. The second kappa shape index (κ2) is 11.2. The van der Waals surface area contributed by atoms with E-state index >= 15 is 0 Å². The van der Waals surface area contributed by atoms with Crippen molar-refractivity contribution in [3.8, 4) is 11.5 Å². The molecule has 152 valence electrons. The van der Waals surface area contributed by atoms with Gasteiger partial charge in [-0.3, -0.25) is 4.79 Å². The number of esters is 4. The largest absolute Gasteiger partial charge is 0.454 e. The van der Waals surface area contributed by atoms with Crippen molar-refractivity contribution in [3.05, 3.63) is 60.7 Å². The number of aliphatic hydroxyl groups is 1. The Bertz CT molecular complexity index is 834. The first kappa shape index (κ1) is 21.6. The zero-order valence-electron chi connectivity index (χ0n) is 15.2. The number of benzene rings is 2. The quantitative estimate of drug-likeness (QED) is 0.483. The second-order valence-electron chi connectivity index (χ2n) is 5.56. The maximum absolute atomic E-state index is 11.6. The van der Waals surface area contributed by atoms with Crippen LogP contribution >= 0.6 is 0 Å². The third kappa shape index (κ3) is 8.22. The van der Waals surface area contributed by atoms with Gasteiger partial charge in [-0.05, 0) is 24.3 Å². The molecule has 29 heavy (non-hydrogen) atoms. The molecule has 0 amide bonds. The number of hydrogen-bond donors (Lipinski definition) is 1. The summed E-state index contributed by atoms with van der Waals surface area (Å²) < 4.78 is 19.0. The summed E-state index contributed by atoms with van der Waals surface area (Å²) in [5, 5.41) is 9.65. The summed E-state index contributed by atoms with van der Waals surface area (Å²) in [6, 6.07) is 16.2. The van der Waals surface area contributed by atoms with E-state index in [9.17, 15) is 24.3 Å². The summed E-state index contributed by atoms with van der Waals surface area (Å²) in [5.74, 6) is -3.38. The van der Waals surface area contributed by atoms with Gasteiger partial charge in [0.05, 0.1) is 6.42 Å². The highest BCUT2D eigenvalue weighted by Crippen LogP contribution is 2.09. The van der Waals surface area contributed by atoms with Crippen LogP contribution in [0.5, 0.6) is 11.5 Å². The molecule has 2 aromatic carbocycles. The topological polar surface area (TPSA) is 125 Å². The van der Waals surface area contributed by atoms with Crippen LogP contribution in [0.1, 0.15) is 6.42 Å². The Balaban J connectivity index is 1.65. The molecule has 0 aliphatic rings. The fourth-order valence-corrected chi connectivity index (χ4v) is 1.96. The van der Waals surface area contributed by atoms with Crippen LogP contribution in [0.4, 0.5) is 0 Å². The Kier molecular flexibility index (Phi) is 8.33.